The Balaban J connectivity index is 3.20. The minimum atomic E-state index is 0.0577. The molecule has 0 aliphatic carbocycles. The number of oxime groups is 1. The molecule has 5 nitrogen and oxygen atoms in total. The number of halogens is 1. The summed E-state index contributed by atoms with van der Waals surface area (Å²) < 4.78 is 0.908. The van der Waals surface area contributed by atoms with Crippen molar-refractivity contribution in [2.75, 3.05) is 24.6 Å². The standard InChI is InChI=1S/C12H18BrN3O2/c1-2-5-16(6-7-17)11-8-9(13)3-4-10(11)12(14)15-18/h3-4,8,17-18H,2,5-7H2,1H3,(H2,14,15). The average Bonchev–Trinajstić information content (AvgIpc) is 2.37. The van der Waals surface area contributed by atoms with E-state index in [9.17, 15) is 0 Å². The number of anilines is 1. The topological polar surface area (TPSA) is 82.1 Å². The molecule has 0 amide bonds. The molecule has 0 spiro atoms. The third kappa shape index (κ3) is 3.61. The molecular formula is C12H18BrN3O2. The van der Waals surface area contributed by atoms with E-state index >= 15 is 0 Å². The Hall–Kier alpha value is -1.27. The summed E-state index contributed by atoms with van der Waals surface area (Å²) >= 11 is 3.41. The summed E-state index contributed by atoms with van der Waals surface area (Å²) in [4.78, 5) is 2.01. The number of nitrogens with two attached hydrogens (primary N) is 1. The highest BCUT2D eigenvalue weighted by Gasteiger charge is 2.13. The lowest BCUT2D eigenvalue weighted by Crippen LogP contribution is -2.30. The molecule has 0 unspecified atom stereocenters. The number of aliphatic hydroxyl groups excluding tert-OH is 1. The Kier molecular flexibility index (Phi) is 5.94. The van der Waals surface area contributed by atoms with Gasteiger partial charge in [0.1, 0.15) is 0 Å². The van der Waals surface area contributed by atoms with E-state index in [1.54, 1.807) is 6.07 Å². The van der Waals surface area contributed by atoms with Crippen molar-refractivity contribution in [1.29, 1.82) is 0 Å². The van der Waals surface area contributed by atoms with Crippen LogP contribution in [0.3, 0.4) is 0 Å². The van der Waals surface area contributed by atoms with Gasteiger partial charge in [0.15, 0.2) is 5.84 Å². The quantitative estimate of drug-likeness (QED) is 0.323. The van der Waals surface area contributed by atoms with Crippen LogP contribution in [0, 0.1) is 0 Å². The summed E-state index contributed by atoms with van der Waals surface area (Å²) in [6.07, 6.45) is 0.947. The lowest BCUT2D eigenvalue weighted by molar-refractivity contribution is 0.302. The Morgan fingerprint density at radius 1 is 1.44 bits per heavy atom. The first kappa shape index (κ1) is 14.8. The first-order chi connectivity index (χ1) is 8.63. The Morgan fingerprint density at radius 2 is 2.17 bits per heavy atom. The van der Waals surface area contributed by atoms with Crippen LogP contribution >= 0.6 is 15.9 Å². The molecule has 0 aromatic heterocycles. The van der Waals surface area contributed by atoms with Gasteiger partial charge in [0.25, 0.3) is 0 Å². The second kappa shape index (κ2) is 7.23. The molecule has 0 fully saturated rings. The van der Waals surface area contributed by atoms with Gasteiger partial charge in [-0.1, -0.05) is 28.0 Å². The molecular weight excluding hydrogens is 298 g/mol. The van der Waals surface area contributed by atoms with E-state index in [0.29, 0.717) is 12.1 Å². The van der Waals surface area contributed by atoms with Crippen molar-refractivity contribution >= 4 is 27.5 Å². The molecule has 100 valence electrons. The van der Waals surface area contributed by atoms with E-state index < -0.39 is 0 Å². The van der Waals surface area contributed by atoms with Gasteiger partial charge in [-0.3, -0.25) is 0 Å². The van der Waals surface area contributed by atoms with Gasteiger partial charge in [0.05, 0.1) is 6.61 Å². The van der Waals surface area contributed by atoms with Crippen molar-refractivity contribution in [3.8, 4) is 0 Å². The Labute approximate surface area is 115 Å². The second-order valence-corrected chi connectivity index (χ2v) is 4.77. The van der Waals surface area contributed by atoms with E-state index in [1.807, 2.05) is 17.0 Å². The molecule has 0 aliphatic heterocycles. The number of rotatable bonds is 6. The highest BCUT2D eigenvalue weighted by molar-refractivity contribution is 9.10. The number of hydrogen-bond donors (Lipinski definition) is 3. The molecule has 1 aromatic carbocycles. The van der Waals surface area contributed by atoms with Crippen LogP contribution in [-0.4, -0.2) is 35.8 Å². The third-order valence-electron chi connectivity index (χ3n) is 2.55. The predicted molar refractivity (Wildman–Crippen MR) is 76.2 cm³/mol. The number of nitrogens with zero attached hydrogens (tertiary/aromatic N) is 2. The van der Waals surface area contributed by atoms with Gasteiger partial charge < -0.3 is 20.9 Å². The molecule has 0 saturated heterocycles. The van der Waals surface area contributed by atoms with Gasteiger partial charge in [-0.15, -0.1) is 0 Å². The molecule has 0 bridgehead atoms. The third-order valence-corrected chi connectivity index (χ3v) is 3.04. The molecule has 0 radical (unpaired) electrons. The van der Waals surface area contributed by atoms with Gasteiger partial charge in [0, 0.05) is 28.8 Å². The van der Waals surface area contributed by atoms with Crippen molar-refractivity contribution in [2.24, 2.45) is 10.9 Å². The molecule has 6 heteroatoms. The maximum absolute atomic E-state index is 9.12. The first-order valence-electron chi connectivity index (χ1n) is 5.77. The van der Waals surface area contributed by atoms with Crippen molar-refractivity contribution < 1.29 is 10.3 Å². The molecule has 1 aromatic rings. The molecule has 1 rings (SSSR count). The first-order valence-corrected chi connectivity index (χ1v) is 6.56. The maximum Gasteiger partial charge on any atom is 0.172 e. The minimum Gasteiger partial charge on any atom is -0.409 e. The van der Waals surface area contributed by atoms with Crippen molar-refractivity contribution in [1.82, 2.24) is 0 Å². The van der Waals surface area contributed by atoms with Crippen molar-refractivity contribution in [3.05, 3.63) is 28.2 Å². The number of benzene rings is 1. The largest absolute Gasteiger partial charge is 0.409 e. The molecule has 0 aliphatic rings. The van der Waals surface area contributed by atoms with E-state index in [1.165, 1.54) is 0 Å². The molecule has 0 atom stereocenters. The van der Waals surface area contributed by atoms with Crippen LogP contribution in [-0.2, 0) is 0 Å². The van der Waals surface area contributed by atoms with Gasteiger partial charge in [0.2, 0.25) is 0 Å². The monoisotopic (exact) mass is 315 g/mol. The fourth-order valence-corrected chi connectivity index (χ4v) is 2.13. The summed E-state index contributed by atoms with van der Waals surface area (Å²) in [6, 6.07) is 5.52. The Bertz CT molecular complexity index is 418. The van der Waals surface area contributed by atoms with Crippen LogP contribution in [0.15, 0.2) is 27.8 Å². The fourth-order valence-electron chi connectivity index (χ4n) is 1.78. The molecule has 0 saturated carbocycles. The van der Waals surface area contributed by atoms with E-state index in [4.69, 9.17) is 16.0 Å². The second-order valence-electron chi connectivity index (χ2n) is 3.86. The van der Waals surface area contributed by atoms with E-state index in [0.717, 1.165) is 23.1 Å². The molecule has 0 heterocycles. The van der Waals surface area contributed by atoms with Crippen LogP contribution in [0.1, 0.15) is 18.9 Å². The minimum absolute atomic E-state index is 0.0577. The Morgan fingerprint density at radius 3 is 2.72 bits per heavy atom. The van der Waals surface area contributed by atoms with E-state index in [-0.39, 0.29) is 12.4 Å². The SMILES string of the molecule is CCCN(CCO)c1cc(Br)ccc1/C(N)=N/O. The fraction of sp³-hybridized carbons (Fsp3) is 0.417. The number of aliphatic hydroxyl groups is 1. The lowest BCUT2D eigenvalue weighted by atomic mass is 10.1. The van der Waals surface area contributed by atoms with Gasteiger partial charge in [-0.2, -0.15) is 0 Å². The van der Waals surface area contributed by atoms with Crippen LogP contribution < -0.4 is 10.6 Å². The normalized spacial score (nSPS) is 11.6. The van der Waals surface area contributed by atoms with E-state index in [2.05, 4.69) is 28.0 Å². The van der Waals surface area contributed by atoms with Crippen LogP contribution in [0.4, 0.5) is 5.69 Å². The van der Waals surface area contributed by atoms with Gasteiger partial charge in [-0.25, -0.2) is 0 Å². The van der Waals surface area contributed by atoms with Crippen LogP contribution in [0.25, 0.3) is 0 Å². The summed E-state index contributed by atoms with van der Waals surface area (Å²) in [7, 11) is 0. The zero-order chi connectivity index (χ0) is 13.5. The van der Waals surface area contributed by atoms with Crippen molar-refractivity contribution in [3.63, 3.8) is 0 Å². The van der Waals surface area contributed by atoms with Gasteiger partial charge >= 0.3 is 0 Å². The molecule has 4 N–H and O–H groups in total. The average molecular weight is 316 g/mol. The maximum atomic E-state index is 9.12. The van der Waals surface area contributed by atoms with Crippen LogP contribution in [0.2, 0.25) is 0 Å². The highest BCUT2D eigenvalue weighted by Crippen LogP contribution is 2.25. The number of hydrogen-bond acceptors (Lipinski definition) is 4. The van der Waals surface area contributed by atoms with Crippen LogP contribution in [0.5, 0.6) is 0 Å². The zero-order valence-electron chi connectivity index (χ0n) is 10.3. The molecule has 18 heavy (non-hydrogen) atoms. The smallest absolute Gasteiger partial charge is 0.172 e. The lowest BCUT2D eigenvalue weighted by Gasteiger charge is -2.25. The summed E-state index contributed by atoms with van der Waals surface area (Å²) in [5.41, 5.74) is 7.17. The highest BCUT2D eigenvalue weighted by atomic mass is 79.9. The van der Waals surface area contributed by atoms with Gasteiger partial charge in [-0.05, 0) is 24.6 Å². The number of amidine groups is 1. The summed E-state index contributed by atoms with van der Waals surface area (Å²) in [6.45, 7) is 3.42. The summed E-state index contributed by atoms with van der Waals surface area (Å²) in [5, 5.41) is 21.0. The van der Waals surface area contributed by atoms with Crippen molar-refractivity contribution in [2.45, 2.75) is 13.3 Å². The summed E-state index contributed by atoms with van der Waals surface area (Å²) in [5.74, 6) is 0.0662. The predicted octanol–water partition coefficient (Wildman–Crippen LogP) is 1.75. The zero-order valence-corrected chi connectivity index (χ0v) is 11.9.